The van der Waals surface area contributed by atoms with Crippen LogP contribution in [0.15, 0.2) is 48.6 Å². The topological polar surface area (TPSA) is 3.24 Å². The van der Waals surface area contributed by atoms with E-state index >= 15 is 0 Å². The maximum atomic E-state index is 6.41. The van der Waals surface area contributed by atoms with E-state index in [0.29, 0.717) is 5.92 Å². The van der Waals surface area contributed by atoms with Gasteiger partial charge in [0.05, 0.1) is 0 Å². The van der Waals surface area contributed by atoms with Gasteiger partial charge >= 0.3 is 0 Å². The van der Waals surface area contributed by atoms with Crippen molar-refractivity contribution in [1.29, 1.82) is 0 Å². The fraction of sp³-hybridized carbons (Fsp3) is 0.632. The maximum Gasteiger partial charge on any atom is 0.0408 e. The van der Waals surface area contributed by atoms with Crippen LogP contribution in [0.5, 0.6) is 0 Å². The first-order chi connectivity index (χ1) is 19.5. The van der Waals surface area contributed by atoms with E-state index in [2.05, 4.69) is 81.1 Å². The zero-order valence-corrected chi connectivity index (χ0v) is 27.8. The first-order valence-corrected chi connectivity index (χ1v) is 17.1. The zero-order chi connectivity index (χ0) is 29.3. The average Bonchev–Trinajstić information content (AvgIpc) is 3.12. The molecule has 3 atom stereocenters. The van der Waals surface area contributed by atoms with Crippen molar-refractivity contribution in [2.75, 3.05) is 18.0 Å². The van der Waals surface area contributed by atoms with E-state index in [4.69, 9.17) is 11.6 Å². The minimum atomic E-state index is 0.583. The molecule has 1 aliphatic carbocycles. The van der Waals surface area contributed by atoms with Gasteiger partial charge in [-0.2, -0.15) is 0 Å². The molecule has 1 saturated carbocycles. The van der Waals surface area contributed by atoms with Crippen LogP contribution in [-0.2, 0) is 12.8 Å². The van der Waals surface area contributed by atoms with E-state index in [9.17, 15) is 0 Å². The van der Waals surface area contributed by atoms with Gasteiger partial charge in [0.15, 0.2) is 0 Å². The molecule has 0 radical (unpaired) electrons. The number of anilines is 1. The van der Waals surface area contributed by atoms with Gasteiger partial charge < -0.3 is 4.90 Å². The van der Waals surface area contributed by atoms with Crippen LogP contribution in [0, 0.1) is 18.8 Å². The molecule has 224 valence electrons. The minimum Gasteiger partial charge on any atom is -0.370 e. The van der Waals surface area contributed by atoms with Gasteiger partial charge in [0.2, 0.25) is 0 Å². The second-order valence-electron chi connectivity index (χ2n) is 11.8. The van der Waals surface area contributed by atoms with Crippen LogP contribution in [0.1, 0.15) is 134 Å². The predicted molar refractivity (Wildman–Crippen MR) is 181 cm³/mol. The van der Waals surface area contributed by atoms with Crippen LogP contribution in [0.2, 0.25) is 5.02 Å². The molecule has 2 heteroatoms. The van der Waals surface area contributed by atoms with Gasteiger partial charge in [0.25, 0.3) is 0 Å². The third kappa shape index (κ3) is 10.6. The number of aryl methyl sites for hydroxylation is 3. The molecule has 1 nitrogen and oxygen atoms in total. The Morgan fingerprint density at radius 1 is 0.900 bits per heavy atom. The lowest BCUT2D eigenvalue weighted by atomic mass is 9.70. The summed E-state index contributed by atoms with van der Waals surface area (Å²) >= 11 is 6.41. The molecule has 1 fully saturated rings. The molecule has 40 heavy (non-hydrogen) atoms. The largest absolute Gasteiger partial charge is 0.370 e. The lowest BCUT2D eigenvalue weighted by Crippen LogP contribution is -2.40. The highest BCUT2D eigenvalue weighted by molar-refractivity contribution is 6.30. The normalized spacial score (nSPS) is 20.0. The maximum absolute atomic E-state index is 6.41. The molecule has 2 aromatic carbocycles. The van der Waals surface area contributed by atoms with Gasteiger partial charge in [-0.15, -0.1) is 0 Å². The number of rotatable bonds is 11. The zero-order valence-electron chi connectivity index (χ0n) is 27.1. The number of fused-ring (bicyclic) bond motifs is 1. The van der Waals surface area contributed by atoms with Crippen molar-refractivity contribution in [3.05, 3.63) is 75.8 Å². The highest BCUT2D eigenvalue weighted by Crippen LogP contribution is 2.42. The van der Waals surface area contributed by atoms with Crippen LogP contribution in [0.25, 0.3) is 0 Å². The summed E-state index contributed by atoms with van der Waals surface area (Å²) in [7, 11) is 0. The number of allylic oxidation sites excluding steroid dienone is 2. The van der Waals surface area contributed by atoms with Gasteiger partial charge in [-0.3, -0.25) is 0 Å². The van der Waals surface area contributed by atoms with Crippen molar-refractivity contribution in [2.45, 2.75) is 131 Å². The molecular weight excluding hydrogens is 506 g/mol. The third-order valence-electron chi connectivity index (χ3n) is 8.78. The molecule has 0 saturated heterocycles. The van der Waals surface area contributed by atoms with E-state index in [1.54, 1.807) is 11.1 Å². The SMILES string of the molecule is C/C=C/CC.CC.CCCCCCC1CCC1CN1CC(c2ccc(Cl)cc2CCC)CCc2ccc(C)cc21. The standard InChI is InChI=1S/C31H44ClN.C5H10.C2H6/c1-4-6-7-8-10-24-13-15-27(24)21-33-22-28(16-14-25-12-11-23(3)19-31(25)33)30-18-17-29(32)20-26(30)9-5-2;1-3-5-4-2;1-2/h11-12,17-20,24,27-28H,4-10,13-16,21-22H2,1-3H3;3,5H,4H2,1-2H3;1-2H3/b;5-3+;. The molecule has 1 heterocycles. The minimum absolute atomic E-state index is 0.583. The monoisotopic (exact) mass is 565 g/mol. The summed E-state index contributed by atoms with van der Waals surface area (Å²) in [6, 6.07) is 13.8. The summed E-state index contributed by atoms with van der Waals surface area (Å²) in [4.78, 5) is 2.78. The highest BCUT2D eigenvalue weighted by atomic mass is 35.5. The van der Waals surface area contributed by atoms with Crippen LogP contribution in [-0.4, -0.2) is 13.1 Å². The van der Waals surface area contributed by atoms with Crippen molar-refractivity contribution in [3.63, 3.8) is 0 Å². The average molecular weight is 566 g/mol. The Bertz CT molecular complexity index is 993. The first kappa shape index (κ1) is 34.5. The number of nitrogens with zero attached hydrogens (tertiary/aromatic N) is 1. The Morgan fingerprint density at radius 2 is 1.68 bits per heavy atom. The number of hydrogen-bond acceptors (Lipinski definition) is 1. The van der Waals surface area contributed by atoms with Gasteiger partial charge in [-0.1, -0.05) is 115 Å². The fourth-order valence-corrected chi connectivity index (χ4v) is 6.66. The fourth-order valence-electron chi connectivity index (χ4n) is 6.46. The van der Waals surface area contributed by atoms with E-state index in [1.807, 2.05) is 20.8 Å². The lowest BCUT2D eigenvalue weighted by Gasteiger charge is -2.42. The number of hydrogen-bond donors (Lipinski definition) is 0. The second-order valence-corrected chi connectivity index (χ2v) is 12.2. The number of halogens is 1. The molecule has 2 aliphatic rings. The van der Waals surface area contributed by atoms with Crippen LogP contribution in [0.3, 0.4) is 0 Å². The smallest absolute Gasteiger partial charge is 0.0408 e. The molecular formula is C38H60ClN. The van der Waals surface area contributed by atoms with E-state index in [1.165, 1.54) is 87.6 Å². The molecule has 0 spiro atoms. The summed E-state index contributed by atoms with van der Waals surface area (Å²) < 4.78 is 0. The molecule has 1 aliphatic heterocycles. The summed E-state index contributed by atoms with van der Waals surface area (Å²) in [5, 5.41) is 0.881. The van der Waals surface area contributed by atoms with Crippen LogP contribution in [0.4, 0.5) is 5.69 Å². The summed E-state index contributed by atoms with van der Waals surface area (Å²) in [5.41, 5.74) is 7.46. The Balaban J connectivity index is 0.000000722. The van der Waals surface area contributed by atoms with Gasteiger partial charge in [-0.25, -0.2) is 0 Å². The summed E-state index contributed by atoms with van der Waals surface area (Å²) in [5.74, 6) is 2.40. The van der Waals surface area contributed by atoms with Gasteiger partial charge in [0.1, 0.15) is 0 Å². The molecule has 0 amide bonds. The van der Waals surface area contributed by atoms with Crippen molar-refractivity contribution in [3.8, 4) is 0 Å². The molecule has 0 bridgehead atoms. The Labute approximate surface area is 253 Å². The van der Waals surface area contributed by atoms with E-state index in [-0.39, 0.29) is 0 Å². The Morgan fingerprint density at radius 3 is 2.30 bits per heavy atom. The van der Waals surface area contributed by atoms with Crippen LogP contribution >= 0.6 is 11.6 Å². The summed E-state index contributed by atoms with van der Waals surface area (Å²) in [6.45, 7) is 17.4. The van der Waals surface area contributed by atoms with Crippen LogP contribution < -0.4 is 4.90 Å². The number of unbranched alkanes of at least 4 members (excludes halogenated alkanes) is 3. The number of benzene rings is 2. The Kier molecular flexibility index (Phi) is 16.7. The van der Waals surface area contributed by atoms with Crippen molar-refractivity contribution in [1.82, 2.24) is 0 Å². The van der Waals surface area contributed by atoms with Gasteiger partial charge in [0, 0.05) is 29.7 Å². The first-order valence-electron chi connectivity index (χ1n) is 16.7. The van der Waals surface area contributed by atoms with Crippen molar-refractivity contribution >= 4 is 17.3 Å². The van der Waals surface area contributed by atoms with E-state index < -0.39 is 0 Å². The van der Waals surface area contributed by atoms with Crippen molar-refractivity contribution < 1.29 is 0 Å². The molecule has 2 aromatic rings. The molecule has 0 aromatic heterocycles. The molecule has 4 rings (SSSR count). The second kappa shape index (κ2) is 19.4. The molecule has 3 unspecified atom stereocenters. The van der Waals surface area contributed by atoms with Gasteiger partial charge in [-0.05, 0) is 105 Å². The lowest BCUT2D eigenvalue weighted by molar-refractivity contribution is 0.164. The quantitative estimate of drug-likeness (QED) is 0.193. The van der Waals surface area contributed by atoms with E-state index in [0.717, 1.165) is 36.2 Å². The predicted octanol–water partition coefficient (Wildman–Crippen LogP) is 12.1. The molecule has 0 N–H and O–H groups in total. The summed E-state index contributed by atoms with van der Waals surface area (Å²) in [6.07, 6.45) is 20.0. The Hall–Kier alpha value is -1.73. The van der Waals surface area contributed by atoms with Crippen molar-refractivity contribution in [2.24, 2.45) is 11.8 Å². The highest BCUT2D eigenvalue weighted by Gasteiger charge is 2.34. The third-order valence-corrected chi connectivity index (χ3v) is 9.01.